The molecule has 0 spiro atoms. The Labute approximate surface area is 141 Å². The van der Waals surface area contributed by atoms with Gasteiger partial charge < -0.3 is 9.84 Å². The number of carbonyl (C=O) groups is 1. The first-order chi connectivity index (χ1) is 11.0. The zero-order valence-electron chi connectivity index (χ0n) is 13.7. The van der Waals surface area contributed by atoms with Crippen LogP contribution in [-0.4, -0.2) is 41.6 Å². The molecular formula is C17H22ClN3O2. The van der Waals surface area contributed by atoms with Crippen LogP contribution in [0.25, 0.3) is 11.3 Å². The Morgan fingerprint density at radius 1 is 1.30 bits per heavy atom. The zero-order valence-corrected chi connectivity index (χ0v) is 14.4. The molecule has 0 bridgehead atoms. The summed E-state index contributed by atoms with van der Waals surface area (Å²) in [5, 5.41) is 7.39. The summed E-state index contributed by atoms with van der Waals surface area (Å²) in [7, 11) is 0. The number of aromatic nitrogens is 1. The molecule has 0 fully saturated rings. The first-order valence-corrected chi connectivity index (χ1v) is 8.17. The second kappa shape index (κ2) is 8.13. The molecule has 0 aliphatic carbocycles. The number of hydrogen-bond acceptors (Lipinski definition) is 4. The van der Waals surface area contributed by atoms with E-state index in [9.17, 15) is 4.79 Å². The summed E-state index contributed by atoms with van der Waals surface area (Å²) < 4.78 is 5.24. The maximum absolute atomic E-state index is 12.2. The molecular weight excluding hydrogens is 314 g/mol. The van der Waals surface area contributed by atoms with Gasteiger partial charge in [-0.1, -0.05) is 30.6 Å². The Kier molecular flexibility index (Phi) is 6.19. The molecule has 1 aromatic carbocycles. The highest BCUT2D eigenvalue weighted by molar-refractivity contribution is 6.30. The number of nitrogens with one attached hydrogen (secondary N) is 1. The third-order valence-electron chi connectivity index (χ3n) is 3.87. The van der Waals surface area contributed by atoms with Crippen LogP contribution in [-0.2, 0) is 0 Å². The molecule has 0 aliphatic rings. The number of amides is 1. The molecule has 1 unspecified atom stereocenters. The highest BCUT2D eigenvalue weighted by atomic mass is 35.5. The summed E-state index contributed by atoms with van der Waals surface area (Å²) >= 11 is 5.86. The first kappa shape index (κ1) is 17.5. The largest absolute Gasteiger partial charge is 0.355 e. The molecule has 1 amide bonds. The number of rotatable bonds is 7. The fourth-order valence-corrected chi connectivity index (χ4v) is 2.57. The molecule has 2 rings (SSSR count). The minimum atomic E-state index is -0.229. The average molecular weight is 336 g/mol. The number of nitrogens with zero attached hydrogens (tertiary/aromatic N) is 2. The van der Waals surface area contributed by atoms with Gasteiger partial charge in [0.25, 0.3) is 5.91 Å². The van der Waals surface area contributed by atoms with Crippen LogP contribution in [0, 0.1) is 0 Å². The fourth-order valence-electron chi connectivity index (χ4n) is 2.44. The Morgan fingerprint density at radius 3 is 2.57 bits per heavy atom. The first-order valence-electron chi connectivity index (χ1n) is 7.80. The van der Waals surface area contributed by atoms with E-state index in [1.54, 1.807) is 18.2 Å². The molecule has 2 aromatic rings. The Balaban J connectivity index is 1.97. The predicted molar refractivity (Wildman–Crippen MR) is 91.7 cm³/mol. The van der Waals surface area contributed by atoms with E-state index in [-0.39, 0.29) is 17.6 Å². The number of likely N-dealkylation sites (N-methyl/N-ethyl adjacent to an activating group) is 1. The number of benzene rings is 1. The van der Waals surface area contributed by atoms with Crippen molar-refractivity contribution in [3.8, 4) is 11.3 Å². The molecule has 1 atom stereocenters. The number of halogens is 1. The van der Waals surface area contributed by atoms with Crippen molar-refractivity contribution in [3.05, 3.63) is 41.0 Å². The Hall–Kier alpha value is -1.85. The average Bonchev–Trinajstić information content (AvgIpc) is 3.04. The van der Waals surface area contributed by atoms with Crippen LogP contribution < -0.4 is 5.32 Å². The van der Waals surface area contributed by atoms with Gasteiger partial charge in [0.2, 0.25) is 0 Å². The van der Waals surface area contributed by atoms with E-state index in [1.807, 2.05) is 12.1 Å². The van der Waals surface area contributed by atoms with E-state index in [0.717, 1.165) is 18.7 Å². The summed E-state index contributed by atoms with van der Waals surface area (Å²) in [6.07, 6.45) is 0. The van der Waals surface area contributed by atoms with E-state index >= 15 is 0 Å². The summed E-state index contributed by atoms with van der Waals surface area (Å²) in [6.45, 7) is 8.80. The van der Waals surface area contributed by atoms with Crippen molar-refractivity contribution < 1.29 is 9.32 Å². The van der Waals surface area contributed by atoms with Gasteiger partial charge in [-0.3, -0.25) is 9.69 Å². The Morgan fingerprint density at radius 2 is 1.96 bits per heavy atom. The van der Waals surface area contributed by atoms with Crippen molar-refractivity contribution in [2.45, 2.75) is 26.8 Å². The molecule has 1 N–H and O–H groups in total. The molecule has 0 saturated carbocycles. The van der Waals surface area contributed by atoms with Crippen LogP contribution in [0.4, 0.5) is 0 Å². The van der Waals surface area contributed by atoms with Gasteiger partial charge in [0.05, 0.1) is 0 Å². The zero-order chi connectivity index (χ0) is 16.8. The van der Waals surface area contributed by atoms with Crippen molar-refractivity contribution in [2.75, 3.05) is 19.6 Å². The van der Waals surface area contributed by atoms with E-state index in [2.05, 4.69) is 36.1 Å². The van der Waals surface area contributed by atoms with Crippen molar-refractivity contribution in [2.24, 2.45) is 0 Å². The van der Waals surface area contributed by atoms with Gasteiger partial charge in [-0.25, -0.2) is 0 Å². The molecule has 23 heavy (non-hydrogen) atoms. The van der Waals surface area contributed by atoms with Gasteiger partial charge in [-0.05, 0) is 44.3 Å². The van der Waals surface area contributed by atoms with Gasteiger partial charge in [0.15, 0.2) is 11.5 Å². The van der Waals surface area contributed by atoms with Crippen LogP contribution in [0.3, 0.4) is 0 Å². The number of carbonyl (C=O) groups excluding carboxylic acids is 1. The van der Waals surface area contributed by atoms with Crippen LogP contribution in [0.1, 0.15) is 31.3 Å². The molecule has 6 heteroatoms. The maximum Gasteiger partial charge on any atom is 0.273 e. The lowest BCUT2D eigenvalue weighted by molar-refractivity contribution is 0.0929. The number of hydrogen-bond donors (Lipinski definition) is 1. The summed E-state index contributed by atoms with van der Waals surface area (Å²) in [4.78, 5) is 14.5. The highest BCUT2D eigenvalue weighted by Gasteiger charge is 2.16. The van der Waals surface area contributed by atoms with Crippen LogP contribution in [0.15, 0.2) is 34.9 Å². The van der Waals surface area contributed by atoms with Crippen molar-refractivity contribution in [1.29, 1.82) is 0 Å². The summed E-state index contributed by atoms with van der Waals surface area (Å²) in [5.74, 6) is 0.316. The summed E-state index contributed by atoms with van der Waals surface area (Å²) in [6, 6.07) is 9.10. The fraction of sp³-hybridized carbons (Fsp3) is 0.412. The minimum absolute atomic E-state index is 0.229. The second-order valence-corrected chi connectivity index (χ2v) is 5.80. The lowest BCUT2D eigenvalue weighted by atomic mass is 10.1. The van der Waals surface area contributed by atoms with Crippen LogP contribution in [0.2, 0.25) is 5.02 Å². The molecule has 0 radical (unpaired) electrons. The van der Waals surface area contributed by atoms with Gasteiger partial charge in [0.1, 0.15) is 0 Å². The lowest BCUT2D eigenvalue weighted by Crippen LogP contribution is -2.42. The Bertz CT molecular complexity index is 636. The molecule has 5 nitrogen and oxygen atoms in total. The van der Waals surface area contributed by atoms with Gasteiger partial charge in [0, 0.05) is 29.2 Å². The molecule has 0 saturated heterocycles. The quantitative estimate of drug-likeness (QED) is 0.842. The molecule has 1 aromatic heterocycles. The molecule has 1 heterocycles. The SMILES string of the molecule is CCN(CC)C(C)CNC(=O)c1cc(-c2ccc(Cl)cc2)on1. The van der Waals surface area contributed by atoms with Crippen LogP contribution >= 0.6 is 11.6 Å². The van der Waals surface area contributed by atoms with E-state index < -0.39 is 0 Å². The second-order valence-electron chi connectivity index (χ2n) is 5.36. The van der Waals surface area contributed by atoms with Gasteiger partial charge >= 0.3 is 0 Å². The topological polar surface area (TPSA) is 58.4 Å². The highest BCUT2D eigenvalue weighted by Crippen LogP contribution is 2.22. The van der Waals surface area contributed by atoms with Crippen molar-refractivity contribution in [3.63, 3.8) is 0 Å². The summed E-state index contributed by atoms with van der Waals surface area (Å²) in [5.41, 5.74) is 1.11. The lowest BCUT2D eigenvalue weighted by Gasteiger charge is -2.26. The normalized spacial score (nSPS) is 12.4. The smallest absolute Gasteiger partial charge is 0.273 e. The molecule has 124 valence electrons. The maximum atomic E-state index is 12.2. The van der Waals surface area contributed by atoms with E-state index in [1.165, 1.54) is 0 Å². The third kappa shape index (κ3) is 4.56. The van der Waals surface area contributed by atoms with Crippen LogP contribution in [0.5, 0.6) is 0 Å². The molecule has 0 aliphatic heterocycles. The standard InChI is InChI=1S/C17H22ClN3O2/c1-4-21(5-2)12(3)11-19-17(22)15-10-16(23-20-15)13-6-8-14(18)9-7-13/h6-10,12H,4-5,11H2,1-3H3,(H,19,22). The third-order valence-corrected chi connectivity index (χ3v) is 4.12. The predicted octanol–water partition coefficient (Wildman–Crippen LogP) is 3.46. The van der Waals surface area contributed by atoms with Gasteiger partial charge in [-0.15, -0.1) is 0 Å². The van der Waals surface area contributed by atoms with Crippen molar-refractivity contribution in [1.82, 2.24) is 15.4 Å². The minimum Gasteiger partial charge on any atom is -0.355 e. The van der Waals surface area contributed by atoms with Crippen molar-refractivity contribution >= 4 is 17.5 Å². The van der Waals surface area contributed by atoms with E-state index in [4.69, 9.17) is 16.1 Å². The van der Waals surface area contributed by atoms with Gasteiger partial charge in [-0.2, -0.15) is 0 Å². The van der Waals surface area contributed by atoms with E-state index in [0.29, 0.717) is 17.3 Å². The monoisotopic (exact) mass is 335 g/mol.